The van der Waals surface area contributed by atoms with Gasteiger partial charge < -0.3 is 9.47 Å². The normalized spacial score (nSPS) is 22.0. The highest BCUT2D eigenvalue weighted by Gasteiger charge is 2.52. The van der Waals surface area contributed by atoms with E-state index in [0.717, 1.165) is 58.2 Å². The van der Waals surface area contributed by atoms with Crippen LogP contribution < -0.4 is 4.74 Å². The van der Waals surface area contributed by atoms with Crippen molar-refractivity contribution >= 4 is 27.7 Å². The number of hydrogen-bond acceptors (Lipinski definition) is 4. The molecule has 0 N–H and O–H groups in total. The van der Waals surface area contributed by atoms with E-state index in [2.05, 4.69) is 120 Å². The SMILES string of the molecule is Cc1cc(Oc2ccc3c4cc(C)ccc4n(-c4cc(C(C)(C)C)ccn4)c3c2)cc(C2=N[C@]3(C)CCCCC[C@]3(C)O2)c1. The first-order valence-electron chi connectivity index (χ1n) is 16.0. The fraction of sp³-hybridized carbons (Fsp3) is 0.385. The van der Waals surface area contributed by atoms with Crippen molar-refractivity contribution < 1.29 is 9.47 Å². The molecule has 0 radical (unpaired) electrons. The monoisotopic (exact) mass is 585 g/mol. The molecule has 5 nitrogen and oxygen atoms in total. The van der Waals surface area contributed by atoms with E-state index in [-0.39, 0.29) is 16.6 Å². The Hall–Kier alpha value is -4.12. The summed E-state index contributed by atoms with van der Waals surface area (Å²) in [7, 11) is 0. The second-order valence-corrected chi connectivity index (χ2v) is 14.4. The maximum atomic E-state index is 6.67. The largest absolute Gasteiger partial charge is 0.469 e. The maximum absolute atomic E-state index is 6.67. The highest BCUT2D eigenvalue weighted by Crippen LogP contribution is 2.46. The molecule has 0 saturated heterocycles. The van der Waals surface area contributed by atoms with E-state index in [1.807, 2.05) is 6.20 Å². The third-order valence-corrected chi connectivity index (χ3v) is 9.89. The van der Waals surface area contributed by atoms with Gasteiger partial charge in [-0.3, -0.25) is 4.57 Å². The fourth-order valence-electron chi connectivity index (χ4n) is 7.06. The molecule has 7 rings (SSSR count). The Morgan fingerprint density at radius 3 is 2.41 bits per heavy atom. The number of pyridine rings is 1. The molecule has 2 aliphatic rings. The molecule has 0 bridgehead atoms. The van der Waals surface area contributed by atoms with Crippen molar-refractivity contribution in [1.29, 1.82) is 0 Å². The average Bonchev–Trinajstić information content (AvgIpc) is 3.37. The summed E-state index contributed by atoms with van der Waals surface area (Å²) in [5.41, 5.74) is 6.33. The number of ether oxygens (including phenoxy) is 2. The standard InChI is InChI=1S/C39H43N3O2/c1-25-11-14-33-32(21-25)31-13-12-29(24-34(31)42(33)35-23-28(15-18-40-35)37(3,4)5)43-30-20-26(2)19-27(22-30)36-41-38(6)16-9-8-10-17-39(38,7)44-36/h11-15,18-24H,8-10,16-17H2,1-7H3/t38-,39+/m1/s1. The molecule has 0 amide bonds. The Balaban J connectivity index is 1.30. The third-order valence-electron chi connectivity index (χ3n) is 9.89. The Morgan fingerprint density at radius 1 is 0.773 bits per heavy atom. The van der Waals surface area contributed by atoms with E-state index in [4.69, 9.17) is 19.5 Å². The molecule has 2 aromatic heterocycles. The van der Waals surface area contributed by atoms with Gasteiger partial charge in [0.05, 0.1) is 11.0 Å². The number of fused-ring (bicyclic) bond motifs is 4. The number of aryl methyl sites for hydroxylation is 2. The van der Waals surface area contributed by atoms with Crippen molar-refractivity contribution in [2.45, 2.75) is 97.1 Å². The van der Waals surface area contributed by atoms with Gasteiger partial charge in [-0.1, -0.05) is 45.2 Å². The van der Waals surface area contributed by atoms with E-state index < -0.39 is 0 Å². The number of benzene rings is 3. The van der Waals surface area contributed by atoms with Gasteiger partial charge in [0.2, 0.25) is 5.90 Å². The first-order valence-corrected chi connectivity index (χ1v) is 16.0. The highest BCUT2D eigenvalue weighted by atomic mass is 16.5. The molecule has 0 unspecified atom stereocenters. The second-order valence-electron chi connectivity index (χ2n) is 14.4. The van der Waals surface area contributed by atoms with Crippen molar-refractivity contribution in [2.75, 3.05) is 0 Å². The molecule has 1 aliphatic carbocycles. The van der Waals surface area contributed by atoms with E-state index in [9.17, 15) is 0 Å². The summed E-state index contributed by atoms with van der Waals surface area (Å²) in [5, 5.41) is 2.39. The lowest BCUT2D eigenvalue weighted by molar-refractivity contribution is 0.0278. The summed E-state index contributed by atoms with van der Waals surface area (Å²) in [6, 6.07) is 23.6. The van der Waals surface area contributed by atoms with Crippen LogP contribution in [-0.2, 0) is 10.2 Å². The van der Waals surface area contributed by atoms with Gasteiger partial charge in [0.15, 0.2) is 0 Å². The zero-order valence-electron chi connectivity index (χ0n) is 27.1. The topological polar surface area (TPSA) is 48.6 Å². The minimum Gasteiger partial charge on any atom is -0.469 e. The lowest BCUT2D eigenvalue weighted by atomic mass is 9.80. The molecule has 1 saturated carbocycles. The molecule has 44 heavy (non-hydrogen) atoms. The molecule has 5 heteroatoms. The van der Waals surface area contributed by atoms with Gasteiger partial charge in [0, 0.05) is 28.6 Å². The number of aromatic nitrogens is 2. The van der Waals surface area contributed by atoms with Gasteiger partial charge >= 0.3 is 0 Å². The van der Waals surface area contributed by atoms with Crippen molar-refractivity contribution in [1.82, 2.24) is 9.55 Å². The number of nitrogens with zero attached hydrogens (tertiary/aromatic N) is 3. The summed E-state index contributed by atoms with van der Waals surface area (Å²) < 4.78 is 15.5. The lowest BCUT2D eigenvalue weighted by Crippen LogP contribution is -2.45. The van der Waals surface area contributed by atoms with Crippen LogP contribution in [0.25, 0.3) is 27.6 Å². The van der Waals surface area contributed by atoms with Crippen molar-refractivity contribution in [3.8, 4) is 17.3 Å². The smallest absolute Gasteiger partial charge is 0.217 e. The molecule has 1 aliphatic heterocycles. The van der Waals surface area contributed by atoms with Gasteiger partial charge in [0.1, 0.15) is 28.5 Å². The molecule has 226 valence electrons. The van der Waals surface area contributed by atoms with Crippen LogP contribution in [-0.4, -0.2) is 26.6 Å². The Kier molecular flexibility index (Phi) is 6.65. The quantitative estimate of drug-likeness (QED) is 0.211. The summed E-state index contributed by atoms with van der Waals surface area (Å²) in [4.78, 5) is 10.0. The maximum Gasteiger partial charge on any atom is 0.217 e. The van der Waals surface area contributed by atoms with Gasteiger partial charge in [-0.05, 0) is 118 Å². The van der Waals surface area contributed by atoms with Gasteiger partial charge in [0.25, 0.3) is 0 Å². The summed E-state index contributed by atoms with van der Waals surface area (Å²) in [6.45, 7) is 15.5. The van der Waals surface area contributed by atoms with Crippen LogP contribution in [0.3, 0.4) is 0 Å². The molecule has 1 fully saturated rings. The average molecular weight is 586 g/mol. The van der Waals surface area contributed by atoms with Crippen LogP contribution in [0.15, 0.2) is 77.9 Å². The molecule has 0 spiro atoms. The molecule has 5 aromatic rings. The molecule has 3 heterocycles. The Bertz CT molecular complexity index is 1950. The molecular weight excluding hydrogens is 542 g/mol. The Morgan fingerprint density at radius 2 is 1.59 bits per heavy atom. The van der Waals surface area contributed by atoms with E-state index in [1.54, 1.807) is 0 Å². The van der Waals surface area contributed by atoms with Crippen LogP contribution in [0.2, 0.25) is 0 Å². The molecule has 2 atom stereocenters. The lowest BCUT2D eigenvalue weighted by Gasteiger charge is -2.36. The zero-order chi connectivity index (χ0) is 30.9. The molecule has 3 aromatic carbocycles. The van der Waals surface area contributed by atoms with Crippen molar-refractivity contribution in [3.05, 3.63) is 95.2 Å². The van der Waals surface area contributed by atoms with Gasteiger partial charge in [-0.2, -0.15) is 0 Å². The van der Waals surface area contributed by atoms with Crippen LogP contribution in [0.4, 0.5) is 0 Å². The Labute approximate surface area is 260 Å². The van der Waals surface area contributed by atoms with Crippen molar-refractivity contribution in [3.63, 3.8) is 0 Å². The van der Waals surface area contributed by atoms with Crippen LogP contribution in [0, 0.1) is 13.8 Å². The van der Waals surface area contributed by atoms with Crippen LogP contribution in [0.1, 0.15) is 89.0 Å². The predicted molar refractivity (Wildman–Crippen MR) is 181 cm³/mol. The van der Waals surface area contributed by atoms with Gasteiger partial charge in [-0.25, -0.2) is 9.98 Å². The first-order chi connectivity index (χ1) is 20.9. The second kappa shape index (κ2) is 10.2. The first kappa shape index (κ1) is 28.6. The highest BCUT2D eigenvalue weighted by molar-refractivity contribution is 6.09. The van der Waals surface area contributed by atoms with E-state index in [0.29, 0.717) is 0 Å². The number of aliphatic imine (C=N–C) groups is 1. The van der Waals surface area contributed by atoms with Crippen molar-refractivity contribution in [2.24, 2.45) is 4.99 Å². The third kappa shape index (κ3) is 4.87. The minimum atomic E-state index is -0.265. The summed E-state index contributed by atoms with van der Waals surface area (Å²) in [6.07, 6.45) is 7.65. The zero-order valence-corrected chi connectivity index (χ0v) is 27.1. The summed E-state index contributed by atoms with van der Waals surface area (Å²) >= 11 is 0. The number of rotatable bonds is 4. The predicted octanol–water partition coefficient (Wildman–Crippen LogP) is 10.1. The minimum absolute atomic E-state index is 0.0172. The fourth-order valence-corrected chi connectivity index (χ4v) is 7.06. The molecular formula is C39H43N3O2. The summed E-state index contributed by atoms with van der Waals surface area (Å²) in [5.74, 6) is 3.20. The van der Waals surface area contributed by atoms with Gasteiger partial charge in [-0.15, -0.1) is 0 Å². The van der Waals surface area contributed by atoms with Crippen LogP contribution in [0.5, 0.6) is 11.5 Å². The van der Waals surface area contributed by atoms with E-state index in [1.165, 1.54) is 41.2 Å². The van der Waals surface area contributed by atoms with E-state index >= 15 is 0 Å². The van der Waals surface area contributed by atoms with Crippen LogP contribution >= 0.6 is 0 Å². The number of hydrogen-bond donors (Lipinski definition) is 0.